The van der Waals surface area contributed by atoms with E-state index in [0.29, 0.717) is 5.95 Å². The van der Waals surface area contributed by atoms with Gasteiger partial charge in [0.25, 0.3) is 0 Å². The Bertz CT molecular complexity index is 4310. The molecule has 0 saturated carbocycles. The van der Waals surface area contributed by atoms with E-state index in [2.05, 4.69) is 193 Å². The number of para-hydroxylation sites is 2. The highest BCUT2D eigenvalue weighted by Crippen LogP contribution is 2.52. The van der Waals surface area contributed by atoms with Gasteiger partial charge >= 0.3 is 0 Å². The van der Waals surface area contributed by atoms with Gasteiger partial charge in [-0.05, 0) is 69.4 Å². The van der Waals surface area contributed by atoms with Crippen molar-refractivity contribution in [3.8, 4) is 28.3 Å². The third kappa shape index (κ3) is 3.98. The first-order valence-corrected chi connectivity index (χ1v) is 22.2. The number of benzene rings is 9. The summed E-state index contributed by atoms with van der Waals surface area (Å²) >= 11 is 1.87. The molecule has 5 heteroatoms. The molecule has 1 aliphatic rings. The molecule has 1 aliphatic carbocycles. The SMILES string of the molecule is CC1(C)c2ccccc2-c2ccc(-c3nc(-n4c5cccc6c7cccc8c9ccccc9n(c9cc%10c%11ccccc%11sc%10c4c9c65)c78)nc4c3ccc3ccccc34)cc21. The summed E-state index contributed by atoms with van der Waals surface area (Å²) in [7, 11) is 0. The molecule has 0 fully saturated rings. The van der Waals surface area contributed by atoms with E-state index >= 15 is 0 Å². The van der Waals surface area contributed by atoms with Gasteiger partial charge in [-0.2, -0.15) is 0 Å². The largest absolute Gasteiger partial charge is 0.308 e. The average Bonchev–Trinajstić information content (AvgIpc) is 4.01. The van der Waals surface area contributed by atoms with Crippen molar-refractivity contribution in [1.82, 2.24) is 18.9 Å². The first kappa shape index (κ1) is 33.2. The molecule has 0 bridgehead atoms. The summed E-state index contributed by atoms with van der Waals surface area (Å²) < 4.78 is 7.46. The minimum Gasteiger partial charge on any atom is -0.308 e. The normalized spacial score (nSPS) is 13.8. The molecule has 0 aliphatic heterocycles. The van der Waals surface area contributed by atoms with Gasteiger partial charge in [-0.15, -0.1) is 11.3 Å². The van der Waals surface area contributed by atoms with Crippen LogP contribution in [0.25, 0.3) is 130 Å². The van der Waals surface area contributed by atoms with Gasteiger partial charge in [0.15, 0.2) is 0 Å². The Morgan fingerprint density at radius 3 is 2.10 bits per heavy atom. The van der Waals surface area contributed by atoms with Gasteiger partial charge in [-0.3, -0.25) is 4.57 Å². The van der Waals surface area contributed by atoms with Crippen LogP contribution in [0.5, 0.6) is 0 Å². The van der Waals surface area contributed by atoms with Crippen molar-refractivity contribution < 1.29 is 0 Å². The maximum Gasteiger partial charge on any atom is 0.235 e. The van der Waals surface area contributed by atoms with E-state index in [4.69, 9.17) is 9.97 Å². The van der Waals surface area contributed by atoms with E-state index < -0.39 is 0 Å². The highest BCUT2D eigenvalue weighted by atomic mass is 32.1. The Hall–Kier alpha value is -7.60. The maximum absolute atomic E-state index is 5.78. The number of hydrogen-bond acceptors (Lipinski definition) is 3. The molecular weight excluding hydrogens is 773 g/mol. The highest BCUT2D eigenvalue weighted by molar-refractivity contribution is 7.26. The van der Waals surface area contributed by atoms with Gasteiger partial charge in [0.1, 0.15) is 0 Å². The third-order valence-electron chi connectivity index (χ3n) is 14.2. The van der Waals surface area contributed by atoms with Gasteiger partial charge in [0, 0.05) is 64.2 Å². The maximum atomic E-state index is 5.78. The zero-order valence-corrected chi connectivity index (χ0v) is 34.7. The van der Waals surface area contributed by atoms with Crippen molar-refractivity contribution in [1.29, 1.82) is 0 Å². The number of thiophene rings is 1. The van der Waals surface area contributed by atoms with Crippen LogP contribution in [0.3, 0.4) is 0 Å². The molecule has 62 heavy (non-hydrogen) atoms. The lowest BCUT2D eigenvalue weighted by atomic mass is 9.82. The van der Waals surface area contributed by atoms with Crippen LogP contribution in [0.2, 0.25) is 0 Å². The molecule has 14 aromatic rings. The fourth-order valence-electron chi connectivity index (χ4n) is 11.5. The lowest BCUT2D eigenvalue weighted by Crippen LogP contribution is -2.15. The summed E-state index contributed by atoms with van der Waals surface area (Å²) in [6, 6.07) is 62.9. The summed E-state index contributed by atoms with van der Waals surface area (Å²) in [5.41, 5.74) is 14.1. The molecule has 15 rings (SSSR count). The van der Waals surface area contributed by atoms with Crippen LogP contribution in [-0.4, -0.2) is 18.9 Å². The average molecular weight is 807 g/mol. The number of aromatic nitrogens is 4. The fourth-order valence-corrected chi connectivity index (χ4v) is 12.7. The second-order valence-electron chi connectivity index (χ2n) is 17.7. The van der Waals surface area contributed by atoms with Crippen LogP contribution < -0.4 is 0 Å². The standard InChI is InChI=1S/C57H34N4S/c1-57(2)43-21-8-5-15-34(43)35-27-26-32(29-44(35)57)51-41-28-25-31-13-3-4-14-33(31)52(41)59-56(58-51)61-46-23-12-18-38-40-20-11-19-39-36-16-6-9-22-45(36)60(53(39)40)47-30-42-37-17-7-10-24-48(37)62-55(42)54(61)50(47)49(38)46/h3-30H,1-2H3. The van der Waals surface area contributed by atoms with Crippen LogP contribution in [0.4, 0.5) is 0 Å². The Morgan fingerprint density at radius 2 is 1.18 bits per heavy atom. The van der Waals surface area contributed by atoms with Crippen molar-refractivity contribution >= 4 is 113 Å². The van der Waals surface area contributed by atoms with Gasteiger partial charge in [0.05, 0.1) is 43.5 Å². The summed E-state index contributed by atoms with van der Waals surface area (Å²) in [5.74, 6) is 0.677. The topological polar surface area (TPSA) is 35.1 Å². The third-order valence-corrected chi connectivity index (χ3v) is 15.4. The Morgan fingerprint density at radius 1 is 0.468 bits per heavy atom. The molecule has 5 aromatic heterocycles. The minimum atomic E-state index is -0.148. The van der Waals surface area contributed by atoms with Crippen LogP contribution in [0.15, 0.2) is 170 Å². The van der Waals surface area contributed by atoms with Crippen molar-refractivity contribution in [2.24, 2.45) is 0 Å². The van der Waals surface area contributed by atoms with Crippen LogP contribution in [0, 0.1) is 0 Å². The molecule has 0 amide bonds. The number of hydrogen-bond donors (Lipinski definition) is 0. The molecule has 0 radical (unpaired) electrons. The second kappa shape index (κ2) is 11.4. The molecular formula is C57H34N4S. The monoisotopic (exact) mass is 806 g/mol. The Labute approximate surface area is 358 Å². The van der Waals surface area contributed by atoms with Gasteiger partial charge in [-0.1, -0.05) is 147 Å². The van der Waals surface area contributed by atoms with E-state index in [9.17, 15) is 0 Å². The van der Waals surface area contributed by atoms with Crippen molar-refractivity contribution in [2.75, 3.05) is 0 Å². The van der Waals surface area contributed by atoms with Crippen LogP contribution >= 0.6 is 11.3 Å². The quantitative estimate of drug-likeness (QED) is 0.163. The van der Waals surface area contributed by atoms with Crippen LogP contribution in [0.1, 0.15) is 25.0 Å². The van der Waals surface area contributed by atoms with Gasteiger partial charge < -0.3 is 4.40 Å². The smallest absolute Gasteiger partial charge is 0.235 e. The summed E-state index contributed by atoms with van der Waals surface area (Å²) in [6.07, 6.45) is 0. The molecule has 0 atom stereocenters. The summed E-state index contributed by atoms with van der Waals surface area (Å²) in [6.45, 7) is 4.71. The van der Waals surface area contributed by atoms with Crippen molar-refractivity contribution in [3.05, 3.63) is 181 Å². The Kier molecular flexibility index (Phi) is 6.10. The zero-order chi connectivity index (χ0) is 40.6. The lowest BCUT2D eigenvalue weighted by Gasteiger charge is -2.22. The number of rotatable bonds is 2. The number of fused-ring (bicyclic) bond motifs is 15. The molecule has 4 nitrogen and oxygen atoms in total. The molecule has 5 heterocycles. The number of nitrogens with zero attached hydrogens (tertiary/aromatic N) is 4. The first-order valence-electron chi connectivity index (χ1n) is 21.4. The van der Waals surface area contributed by atoms with Crippen LogP contribution in [-0.2, 0) is 5.41 Å². The predicted molar refractivity (Wildman–Crippen MR) is 262 cm³/mol. The molecule has 0 unspecified atom stereocenters. The van der Waals surface area contributed by atoms with E-state index in [1.807, 2.05) is 11.3 Å². The van der Waals surface area contributed by atoms with Crippen molar-refractivity contribution in [3.63, 3.8) is 0 Å². The Balaban J connectivity index is 1.16. The second-order valence-corrected chi connectivity index (χ2v) is 18.7. The molecule has 0 saturated heterocycles. The minimum absolute atomic E-state index is 0.148. The van der Waals surface area contributed by atoms with Crippen molar-refractivity contribution in [2.45, 2.75) is 19.3 Å². The van der Waals surface area contributed by atoms with Gasteiger partial charge in [-0.25, -0.2) is 9.97 Å². The van der Waals surface area contributed by atoms with E-state index in [0.717, 1.165) is 44.0 Å². The first-order chi connectivity index (χ1) is 30.5. The fraction of sp³-hybridized carbons (Fsp3) is 0.0526. The summed E-state index contributed by atoms with van der Waals surface area (Å²) in [5, 5.41) is 13.3. The molecule has 0 N–H and O–H groups in total. The van der Waals surface area contributed by atoms with E-state index in [-0.39, 0.29) is 5.41 Å². The lowest BCUT2D eigenvalue weighted by molar-refractivity contribution is 0.660. The van der Waals surface area contributed by atoms with E-state index in [1.165, 1.54) is 91.3 Å². The zero-order valence-electron chi connectivity index (χ0n) is 33.9. The molecule has 0 spiro atoms. The van der Waals surface area contributed by atoms with E-state index in [1.54, 1.807) is 0 Å². The predicted octanol–water partition coefficient (Wildman–Crippen LogP) is 15.4. The molecule has 288 valence electrons. The van der Waals surface area contributed by atoms with Gasteiger partial charge in [0.2, 0.25) is 5.95 Å². The summed E-state index contributed by atoms with van der Waals surface area (Å²) in [4.78, 5) is 11.5. The highest BCUT2D eigenvalue weighted by Gasteiger charge is 2.36. The molecule has 9 aromatic carbocycles.